The zero-order chi connectivity index (χ0) is 14.3. The molecular weight excluding hydrogens is 256 g/mol. The summed E-state index contributed by atoms with van der Waals surface area (Å²) in [6.45, 7) is 2.51. The summed E-state index contributed by atoms with van der Waals surface area (Å²) in [6, 6.07) is -1.00. The number of nitrogens with one attached hydrogen (secondary N) is 1. The highest BCUT2D eigenvalue weighted by Gasteiger charge is 2.29. The van der Waals surface area contributed by atoms with Gasteiger partial charge in [0, 0.05) is 6.54 Å². The van der Waals surface area contributed by atoms with Crippen LogP contribution >= 0.6 is 0 Å². The Balaban J connectivity index is 2.47. The molecule has 0 spiro atoms. The summed E-state index contributed by atoms with van der Waals surface area (Å²) in [7, 11) is 0. The minimum absolute atomic E-state index is 0.180. The summed E-state index contributed by atoms with van der Waals surface area (Å²) in [6.07, 6.45) is -0.188. The van der Waals surface area contributed by atoms with E-state index in [1.807, 2.05) is 0 Å². The molecule has 108 valence electrons. The Labute approximate surface area is 110 Å². The predicted molar refractivity (Wildman–Crippen MR) is 63.6 cm³/mol. The first-order valence-corrected chi connectivity index (χ1v) is 6.04. The number of morpholine rings is 1. The first kappa shape index (κ1) is 15.2. The van der Waals surface area contributed by atoms with Crippen molar-refractivity contribution in [3.05, 3.63) is 0 Å². The van der Waals surface area contributed by atoms with E-state index in [0.29, 0.717) is 13.2 Å². The first-order valence-electron chi connectivity index (χ1n) is 6.04. The smallest absolute Gasteiger partial charge is 0.325 e. The first-order chi connectivity index (χ1) is 9.04. The molecule has 0 aromatic heterocycles. The molecule has 1 heterocycles. The fraction of sp³-hybridized carbons (Fsp3) is 0.727. The van der Waals surface area contributed by atoms with E-state index in [1.165, 1.54) is 4.90 Å². The molecule has 0 aromatic rings. The van der Waals surface area contributed by atoms with Crippen LogP contribution in [-0.4, -0.2) is 66.9 Å². The van der Waals surface area contributed by atoms with Gasteiger partial charge in [0.15, 0.2) is 0 Å². The summed E-state index contributed by atoms with van der Waals surface area (Å²) in [5, 5.41) is 11.2. The number of nitrogens with zero attached hydrogens (tertiary/aromatic N) is 1. The average Bonchev–Trinajstić information content (AvgIpc) is 2.36. The molecule has 1 aliphatic heterocycles. The molecule has 8 nitrogen and oxygen atoms in total. The molecule has 0 aromatic carbocycles. The third-order valence-electron chi connectivity index (χ3n) is 2.59. The molecule has 1 saturated heterocycles. The topological polar surface area (TPSA) is 105 Å². The average molecular weight is 274 g/mol. The summed E-state index contributed by atoms with van der Waals surface area (Å²) in [5.41, 5.74) is 0. The van der Waals surface area contributed by atoms with Gasteiger partial charge in [-0.1, -0.05) is 0 Å². The van der Waals surface area contributed by atoms with Gasteiger partial charge in [-0.2, -0.15) is 0 Å². The summed E-state index contributed by atoms with van der Waals surface area (Å²) in [4.78, 5) is 35.0. The number of amides is 2. The van der Waals surface area contributed by atoms with Crippen LogP contribution in [-0.2, 0) is 19.1 Å². The quantitative estimate of drug-likeness (QED) is 0.651. The summed E-state index contributed by atoms with van der Waals surface area (Å²) < 4.78 is 9.83. The number of urea groups is 1. The Hall–Kier alpha value is -1.83. The number of carboxylic acids is 1. The molecular formula is C11H18N2O6. The Bertz CT molecular complexity index is 346. The standard InChI is InChI=1S/C11H18N2O6/c1-2-19-10(16)6-12-11(17)13-3-4-18-7-8(13)5-9(14)15/h8H,2-7H2,1H3,(H,12,17)(H,14,15). The third-order valence-corrected chi connectivity index (χ3v) is 2.59. The highest BCUT2D eigenvalue weighted by Crippen LogP contribution is 2.10. The second kappa shape index (κ2) is 7.57. The Kier molecular flexibility index (Phi) is 6.07. The molecule has 1 aliphatic rings. The molecule has 0 radical (unpaired) electrons. The van der Waals surface area contributed by atoms with Gasteiger partial charge in [0.2, 0.25) is 0 Å². The second-order valence-electron chi connectivity index (χ2n) is 3.98. The van der Waals surface area contributed by atoms with Crippen molar-refractivity contribution in [2.75, 3.05) is 32.9 Å². The molecule has 1 atom stereocenters. The van der Waals surface area contributed by atoms with Gasteiger partial charge in [0.25, 0.3) is 0 Å². The van der Waals surface area contributed by atoms with E-state index in [2.05, 4.69) is 10.1 Å². The minimum Gasteiger partial charge on any atom is -0.481 e. The van der Waals surface area contributed by atoms with Crippen LogP contribution in [0.25, 0.3) is 0 Å². The Morgan fingerprint density at radius 2 is 2.21 bits per heavy atom. The maximum Gasteiger partial charge on any atom is 0.325 e. The lowest BCUT2D eigenvalue weighted by molar-refractivity contribution is -0.142. The van der Waals surface area contributed by atoms with E-state index in [9.17, 15) is 14.4 Å². The molecule has 19 heavy (non-hydrogen) atoms. The van der Waals surface area contributed by atoms with Crippen molar-refractivity contribution in [3.8, 4) is 0 Å². The summed E-state index contributed by atoms with van der Waals surface area (Å²) in [5.74, 6) is -1.53. The van der Waals surface area contributed by atoms with Gasteiger partial charge in [0.1, 0.15) is 6.54 Å². The highest BCUT2D eigenvalue weighted by molar-refractivity contribution is 5.81. The van der Waals surface area contributed by atoms with Gasteiger partial charge in [-0.15, -0.1) is 0 Å². The maximum atomic E-state index is 11.9. The normalized spacial score (nSPS) is 18.8. The van der Waals surface area contributed by atoms with Crippen molar-refractivity contribution < 1.29 is 29.0 Å². The van der Waals surface area contributed by atoms with Crippen LogP contribution in [0.3, 0.4) is 0 Å². The van der Waals surface area contributed by atoms with E-state index in [-0.39, 0.29) is 26.2 Å². The van der Waals surface area contributed by atoms with Crippen molar-refractivity contribution in [2.45, 2.75) is 19.4 Å². The molecule has 2 N–H and O–H groups in total. The SMILES string of the molecule is CCOC(=O)CNC(=O)N1CCOCC1CC(=O)O. The van der Waals surface area contributed by atoms with Crippen LogP contribution in [0.2, 0.25) is 0 Å². The lowest BCUT2D eigenvalue weighted by Gasteiger charge is -2.34. The van der Waals surface area contributed by atoms with Crippen LogP contribution in [0.5, 0.6) is 0 Å². The monoisotopic (exact) mass is 274 g/mol. The number of esters is 1. The van der Waals surface area contributed by atoms with Gasteiger partial charge in [-0.25, -0.2) is 4.79 Å². The molecule has 1 rings (SSSR count). The molecule has 1 unspecified atom stereocenters. The van der Waals surface area contributed by atoms with Crippen molar-refractivity contribution >= 4 is 18.0 Å². The van der Waals surface area contributed by atoms with Crippen molar-refractivity contribution in [3.63, 3.8) is 0 Å². The van der Waals surface area contributed by atoms with Gasteiger partial charge in [-0.05, 0) is 6.92 Å². The number of hydrogen-bond donors (Lipinski definition) is 2. The second-order valence-corrected chi connectivity index (χ2v) is 3.98. The number of ether oxygens (including phenoxy) is 2. The van der Waals surface area contributed by atoms with E-state index in [1.54, 1.807) is 6.92 Å². The zero-order valence-corrected chi connectivity index (χ0v) is 10.8. The van der Waals surface area contributed by atoms with Crippen LogP contribution in [0, 0.1) is 0 Å². The summed E-state index contributed by atoms with van der Waals surface area (Å²) >= 11 is 0. The van der Waals surface area contributed by atoms with Crippen LogP contribution < -0.4 is 5.32 Å². The Morgan fingerprint density at radius 3 is 2.84 bits per heavy atom. The zero-order valence-electron chi connectivity index (χ0n) is 10.8. The fourth-order valence-corrected chi connectivity index (χ4v) is 1.75. The molecule has 0 bridgehead atoms. The van der Waals surface area contributed by atoms with Gasteiger partial charge >= 0.3 is 18.0 Å². The van der Waals surface area contributed by atoms with Crippen LogP contribution in [0.15, 0.2) is 0 Å². The molecule has 0 aliphatic carbocycles. The molecule has 8 heteroatoms. The Morgan fingerprint density at radius 1 is 1.47 bits per heavy atom. The van der Waals surface area contributed by atoms with Crippen LogP contribution in [0.1, 0.15) is 13.3 Å². The van der Waals surface area contributed by atoms with Gasteiger partial charge < -0.3 is 24.8 Å². The maximum absolute atomic E-state index is 11.9. The van der Waals surface area contributed by atoms with Gasteiger partial charge in [-0.3, -0.25) is 9.59 Å². The number of aliphatic carboxylic acids is 1. The number of carbonyl (C=O) groups is 3. The van der Waals surface area contributed by atoms with E-state index < -0.39 is 24.0 Å². The predicted octanol–water partition coefficient (Wildman–Crippen LogP) is -0.565. The van der Waals surface area contributed by atoms with Crippen molar-refractivity contribution in [1.82, 2.24) is 10.2 Å². The number of rotatable bonds is 5. The van der Waals surface area contributed by atoms with Crippen molar-refractivity contribution in [1.29, 1.82) is 0 Å². The van der Waals surface area contributed by atoms with Crippen LogP contribution in [0.4, 0.5) is 4.79 Å². The lowest BCUT2D eigenvalue weighted by atomic mass is 10.1. The lowest BCUT2D eigenvalue weighted by Crippen LogP contribution is -2.53. The largest absolute Gasteiger partial charge is 0.481 e. The molecule has 0 saturated carbocycles. The number of hydrogen-bond acceptors (Lipinski definition) is 5. The third kappa shape index (κ3) is 5.12. The number of carbonyl (C=O) groups excluding carboxylic acids is 2. The van der Waals surface area contributed by atoms with E-state index >= 15 is 0 Å². The van der Waals surface area contributed by atoms with E-state index in [4.69, 9.17) is 9.84 Å². The van der Waals surface area contributed by atoms with E-state index in [0.717, 1.165) is 0 Å². The highest BCUT2D eigenvalue weighted by atomic mass is 16.5. The fourth-order valence-electron chi connectivity index (χ4n) is 1.75. The van der Waals surface area contributed by atoms with Gasteiger partial charge in [0.05, 0.1) is 32.3 Å². The molecule has 1 fully saturated rings. The van der Waals surface area contributed by atoms with Crippen molar-refractivity contribution in [2.24, 2.45) is 0 Å². The minimum atomic E-state index is -1.00. The molecule has 2 amide bonds. The number of carboxylic acid groups (broad SMARTS) is 1.